The third-order valence-electron chi connectivity index (χ3n) is 2.71. The zero-order chi connectivity index (χ0) is 15.8. The van der Waals surface area contributed by atoms with E-state index in [4.69, 9.17) is 21.1 Å². The molecule has 1 saturated heterocycles. The van der Waals surface area contributed by atoms with E-state index in [9.17, 15) is 9.59 Å². The van der Waals surface area contributed by atoms with Gasteiger partial charge in [-0.1, -0.05) is 27.5 Å². The van der Waals surface area contributed by atoms with E-state index in [2.05, 4.69) is 21.2 Å². The van der Waals surface area contributed by atoms with Gasteiger partial charge in [0.05, 0.1) is 10.7 Å². The van der Waals surface area contributed by atoms with Crippen LogP contribution in [-0.2, 0) is 19.1 Å². The fourth-order valence-corrected chi connectivity index (χ4v) is 2.49. The van der Waals surface area contributed by atoms with E-state index < -0.39 is 17.7 Å². The van der Waals surface area contributed by atoms with Crippen LogP contribution in [0, 0.1) is 6.92 Å². The van der Waals surface area contributed by atoms with E-state index in [1.54, 1.807) is 6.07 Å². The van der Waals surface area contributed by atoms with Gasteiger partial charge in [0.25, 0.3) is 5.79 Å². The Balaban J connectivity index is 2.26. The van der Waals surface area contributed by atoms with E-state index in [0.717, 1.165) is 10.0 Å². The summed E-state index contributed by atoms with van der Waals surface area (Å²) in [7, 11) is 0. The molecule has 112 valence electrons. The Bertz CT molecular complexity index is 633. The molecule has 1 fully saturated rings. The minimum absolute atomic E-state index is 0.219. The molecule has 0 spiro atoms. The molecule has 0 atom stereocenters. The van der Waals surface area contributed by atoms with Crippen LogP contribution in [0.4, 0.5) is 5.69 Å². The number of carbonyl (C=O) groups is 2. The van der Waals surface area contributed by atoms with Gasteiger partial charge in [-0.05, 0) is 24.6 Å². The van der Waals surface area contributed by atoms with Crippen molar-refractivity contribution in [1.82, 2.24) is 0 Å². The van der Waals surface area contributed by atoms with Crippen LogP contribution in [0.15, 0.2) is 28.4 Å². The fourth-order valence-electron chi connectivity index (χ4n) is 1.76. The second kappa shape index (κ2) is 5.69. The SMILES string of the molecule is Cc1cc(Br)cc(NC=C2C(=O)OC(C)(C)OC2=O)c1Cl. The average molecular weight is 375 g/mol. The summed E-state index contributed by atoms with van der Waals surface area (Å²) in [6.07, 6.45) is 1.23. The molecule has 0 aromatic heterocycles. The molecule has 1 aliphatic rings. The number of hydrogen-bond acceptors (Lipinski definition) is 5. The number of hydrogen-bond donors (Lipinski definition) is 1. The number of esters is 2. The lowest BCUT2D eigenvalue weighted by Crippen LogP contribution is -2.42. The first kappa shape index (κ1) is 15.9. The summed E-state index contributed by atoms with van der Waals surface area (Å²) in [4.78, 5) is 23.6. The number of carbonyl (C=O) groups excluding carboxylic acids is 2. The van der Waals surface area contributed by atoms with Gasteiger partial charge in [-0.25, -0.2) is 9.59 Å². The molecule has 2 rings (SSSR count). The van der Waals surface area contributed by atoms with Crippen LogP contribution in [0.5, 0.6) is 0 Å². The van der Waals surface area contributed by atoms with E-state index in [1.807, 2.05) is 13.0 Å². The molecule has 1 aromatic carbocycles. The highest BCUT2D eigenvalue weighted by Crippen LogP contribution is 2.30. The van der Waals surface area contributed by atoms with Crippen molar-refractivity contribution in [2.24, 2.45) is 0 Å². The zero-order valence-electron chi connectivity index (χ0n) is 11.6. The largest absolute Gasteiger partial charge is 0.419 e. The van der Waals surface area contributed by atoms with Gasteiger partial charge in [0.15, 0.2) is 5.57 Å². The summed E-state index contributed by atoms with van der Waals surface area (Å²) in [5.41, 5.74) is 1.19. The molecular formula is C14H13BrClNO4. The first-order valence-electron chi connectivity index (χ1n) is 6.08. The summed E-state index contributed by atoms with van der Waals surface area (Å²) < 4.78 is 10.8. The van der Waals surface area contributed by atoms with E-state index in [1.165, 1.54) is 20.0 Å². The van der Waals surface area contributed by atoms with Gasteiger partial charge < -0.3 is 14.8 Å². The lowest BCUT2D eigenvalue weighted by Gasteiger charge is -2.29. The average Bonchev–Trinajstić information content (AvgIpc) is 2.32. The molecule has 1 aliphatic heterocycles. The lowest BCUT2D eigenvalue weighted by molar-refractivity contribution is -0.222. The summed E-state index contributed by atoms with van der Waals surface area (Å²) in [5, 5.41) is 3.32. The maximum absolute atomic E-state index is 11.8. The maximum atomic E-state index is 11.8. The Kier molecular flexibility index (Phi) is 4.30. The summed E-state index contributed by atoms with van der Waals surface area (Å²) in [6.45, 7) is 4.82. The van der Waals surface area contributed by atoms with Gasteiger partial charge in [-0.2, -0.15) is 0 Å². The van der Waals surface area contributed by atoms with E-state index in [0.29, 0.717) is 10.7 Å². The van der Waals surface area contributed by atoms with Crippen molar-refractivity contribution in [2.45, 2.75) is 26.6 Å². The predicted octanol–water partition coefficient (Wildman–Crippen LogP) is 3.54. The highest BCUT2D eigenvalue weighted by atomic mass is 79.9. The Morgan fingerprint density at radius 3 is 2.38 bits per heavy atom. The quantitative estimate of drug-likeness (QED) is 0.487. The third-order valence-corrected chi connectivity index (χ3v) is 3.67. The Labute approximate surface area is 135 Å². The van der Waals surface area contributed by atoms with Gasteiger partial charge in [-0.3, -0.25) is 0 Å². The molecule has 1 aromatic rings. The van der Waals surface area contributed by atoms with Crippen molar-refractivity contribution in [3.63, 3.8) is 0 Å². The molecule has 0 bridgehead atoms. The molecule has 1 N–H and O–H groups in total. The summed E-state index contributed by atoms with van der Waals surface area (Å²) >= 11 is 9.51. The maximum Gasteiger partial charge on any atom is 0.350 e. The minimum Gasteiger partial charge on any atom is -0.419 e. The van der Waals surface area contributed by atoms with Crippen LogP contribution in [0.25, 0.3) is 0 Å². The number of rotatable bonds is 2. The minimum atomic E-state index is -1.25. The second-order valence-electron chi connectivity index (χ2n) is 4.97. The van der Waals surface area contributed by atoms with Crippen molar-refractivity contribution < 1.29 is 19.1 Å². The topological polar surface area (TPSA) is 64.6 Å². The van der Waals surface area contributed by atoms with Gasteiger partial charge in [0, 0.05) is 24.5 Å². The molecule has 0 aliphatic carbocycles. The Morgan fingerprint density at radius 2 is 1.81 bits per heavy atom. The Hall–Kier alpha value is -1.53. The van der Waals surface area contributed by atoms with Crippen molar-refractivity contribution in [3.05, 3.63) is 39.0 Å². The van der Waals surface area contributed by atoms with Crippen LogP contribution in [0.3, 0.4) is 0 Å². The summed E-state index contributed by atoms with van der Waals surface area (Å²) in [6, 6.07) is 3.59. The molecule has 1 heterocycles. The number of cyclic esters (lactones) is 2. The van der Waals surface area contributed by atoms with Gasteiger partial charge >= 0.3 is 11.9 Å². The first-order chi connectivity index (χ1) is 9.69. The standard InChI is InChI=1S/C14H13BrClNO4/c1-7-4-8(15)5-10(11(7)16)17-6-9-12(18)20-14(2,3)21-13(9)19/h4-6,17H,1-3H3. The van der Waals surface area contributed by atoms with Crippen molar-refractivity contribution in [1.29, 1.82) is 0 Å². The monoisotopic (exact) mass is 373 g/mol. The number of halogens is 2. The second-order valence-corrected chi connectivity index (χ2v) is 6.26. The van der Waals surface area contributed by atoms with Crippen molar-refractivity contribution in [2.75, 3.05) is 5.32 Å². The van der Waals surface area contributed by atoms with Crippen LogP contribution < -0.4 is 5.32 Å². The molecule has 7 heteroatoms. The molecule has 21 heavy (non-hydrogen) atoms. The van der Waals surface area contributed by atoms with Gasteiger partial charge in [0.2, 0.25) is 0 Å². The zero-order valence-corrected chi connectivity index (χ0v) is 14.0. The van der Waals surface area contributed by atoms with Crippen LogP contribution in [0.2, 0.25) is 5.02 Å². The summed E-state index contributed by atoms with van der Waals surface area (Å²) in [5.74, 6) is -2.74. The van der Waals surface area contributed by atoms with Crippen LogP contribution >= 0.6 is 27.5 Å². The molecule has 0 saturated carbocycles. The molecule has 0 radical (unpaired) electrons. The highest BCUT2D eigenvalue weighted by molar-refractivity contribution is 9.10. The normalized spacial score (nSPS) is 17.1. The van der Waals surface area contributed by atoms with Crippen LogP contribution in [0.1, 0.15) is 19.4 Å². The van der Waals surface area contributed by atoms with Gasteiger partial charge in [0.1, 0.15) is 0 Å². The number of anilines is 1. The van der Waals surface area contributed by atoms with E-state index in [-0.39, 0.29) is 5.57 Å². The first-order valence-corrected chi connectivity index (χ1v) is 7.26. The van der Waals surface area contributed by atoms with Crippen molar-refractivity contribution >= 4 is 45.2 Å². The number of benzene rings is 1. The third kappa shape index (κ3) is 3.57. The molecule has 5 nitrogen and oxygen atoms in total. The van der Waals surface area contributed by atoms with E-state index >= 15 is 0 Å². The number of ether oxygens (including phenoxy) is 2. The number of nitrogens with one attached hydrogen (secondary N) is 1. The van der Waals surface area contributed by atoms with Crippen LogP contribution in [-0.4, -0.2) is 17.7 Å². The number of aryl methyl sites for hydroxylation is 1. The molecule has 0 unspecified atom stereocenters. The van der Waals surface area contributed by atoms with Gasteiger partial charge in [-0.15, -0.1) is 0 Å². The molecule has 0 amide bonds. The predicted molar refractivity (Wildman–Crippen MR) is 81.9 cm³/mol. The smallest absolute Gasteiger partial charge is 0.350 e. The van der Waals surface area contributed by atoms with Crippen molar-refractivity contribution in [3.8, 4) is 0 Å². The highest BCUT2D eigenvalue weighted by Gasteiger charge is 2.38. The Morgan fingerprint density at radius 1 is 1.24 bits per heavy atom. The lowest BCUT2D eigenvalue weighted by atomic mass is 10.2. The molecular weight excluding hydrogens is 362 g/mol. The fraction of sp³-hybridized carbons (Fsp3) is 0.286.